The predicted molar refractivity (Wildman–Crippen MR) is 120 cm³/mol. The molecule has 8 nitrogen and oxygen atoms in total. The zero-order chi connectivity index (χ0) is 23.4. The minimum Gasteiger partial charge on any atom is -0.496 e. The first kappa shape index (κ1) is 23.1. The van der Waals surface area contributed by atoms with Crippen LogP contribution in [0.2, 0.25) is 0 Å². The Labute approximate surface area is 193 Å². The fraction of sp³-hybridized carbons (Fsp3) is 0.440. The molecule has 2 saturated heterocycles. The van der Waals surface area contributed by atoms with Gasteiger partial charge in [-0.3, -0.25) is 19.4 Å². The number of ketones is 2. The molecule has 2 aliphatic rings. The molecule has 174 valence electrons. The first-order valence-corrected chi connectivity index (χ1v) is 11.4. The Morgan fingerprint density at radius 1 is 1.18 bits per heavy atom. The molecule has 0 aliphatic carbocycles. The van der Waals surface area contributed by atoms with Crippen LogP contribution in [0.4, 0.5) is 0 Å². The molecule has 1 amide bonds. The molecule has 0 bridgehead atoms. The van der Waals surface area contributed by atoms with E-state index in [1.807, 2.05) is 6.92 Å². The number of hydrogen-bond donors (Lipinski definition) is 1. The average molecular weight is 453 g/mol. The van der Waals surface area contributed by atoms with Crippen molar-refractivity contribution in [1.82, 2.24) is 9.88 Å². The molecule has 0 spiro atoms. The van der Waals surface area contributed by atoms with Gasteiger partial charge in [-0.15, -0.1) is 0 Å². The summed E-state index contributed by atoms with van der Waals surface area (Å²) in [6, 6.07) is 8.00. The van der Waals surface area contributed by atoms with Gasteiger partial charge in [0, 0.05) is 30.9 Å². The third-order valence-electron chi connectivity index (χ3n) is 6.54. The first-order valence-electron chi connectivity index (χ1n) is 11.4. The molecule has 2 fully saturated rings. The van der Waals surface area contributed by atoms with E-state index in [1.54, 1.807) is 54.7 Å². The third-order valence-corrected chi connectivity index (χ3v) is 6.54. The Morgan fingerprint density at radius 3 is 2.58 bits per heavy atom. The summed E-state index contributed by atoms with van der Waals surface area (Å²) in [5.41, 5.74) is 1.94. The topological polar surface area (TPSA) is 90.2 Å². The van der Waals surface area contributed by atoms with Gasteiger partial charge in [0.05, 0.1) is 32.9 Å². The molecule has 2 aromatic rings. The maximum atomic E-state index is 13.5. The lowest BCUT2D eigenvalue weighted by atomic mass is 9.86. The summed E-state index contributed by atoms with van der Waals surface area (Å²) in [5.74, 6) is -1.99. The lowest BCUT2D eigenvalue weighted by Gasteiger charge is -2.28. The SMILES string of the molecule is COc1ccc(C(=O)C2C(=O)C(=O)N(CCC[NH+]3CCOCC3)C2c2ccncc2)cc1C. The number of aryl methyl sites for hydroxylation is 1. The Bertz CT molecular complexity index is 1020. The number of carbonyl (C=O) groups excluding carboxylic acids is 3. The number of rotatable bonds is 8. The van der Waals surface area contributed by atoms with Gasteiger partial charge in [-0.1, -0.05) is 0 Å². The first-order chi connectivity index (χ1) is 16.0. The summed E-state index contributed by atoms with van der Waals surface area (Å²) in [5, 5.41) is 0. The van der Waals surface area contributed by atoms with E-state index in [9.17, 15) is 14.4 Å². The summed E-state index contributed by atoms with van der Waals surface area (Å²) in [7, 11) is 1.57. The Hall–Kier alpha value is -3.10. The van der Waals surface area contributed by atoms with Gasteiger partial charge in [0.15, 0.2) is 5.78 Å². The molecular formula is C25H30N3O5+. The van der Waals surface area contributed by atoms with Crippen molar-refractivity contribution in [2.75, 3.05) is 46.5 Å². The van der Waals surface area contributed by atoms with E-state index in [0.29, 0.717) is 17.9 Å². The van der Waals surface area contributed by atoms with Crippen LogP contribution in [-0.2, 0) is 14.3 Å². The van der Waals surface area contributed by atoms with E-state index in [1.165, 1.54) is 4.90 Å². The van der Waals surface area contributed by atoms with Gasteiger partial charge in [-0.05, 0) is 48.4 Å². The molecule has 2 aliphatic heterocycles. The number of pyridine rings is 1. The van der Waals surface area contributed by atoms with Crippen LogP contribution >= 0.6 is 0 Å². The number of amides is 1. The molecule has 33 heavy (non-hydrogen) atoms. The van der Waals surface area contributed by atoms with Crippen molar-refractivity contribution in [3.05, 3.63) is 59.4 Å². The molecule has 0 saturated carbocycles. The highest BCUT2D eigenvalue weighted by atomic mass is 16.5. The summed E-state index contributed by atoms with van der Waals surface area (Å²) in [4.78, 5) is 46.8. The van der Waals surface area contributed by atoms with E-state index in [4.69, 9.17) is 9.47 Å². The number of nitrogens with zero attached hydrogens (tertiary/aromatic N) is 2. The molecule has 1 aromatic carbocycles. The van der Waals surface area contributed by atoms with Crippen LogP contribution in [0, 0.1) is 12.8 Å². The van der Waals surface area contributed by atoms with E-state index >= 15 is 0 Å². The fourth-order valence-electron chi connectivity index (χ4n) is 4.78. The van der Waals surface area contributed by atoms with Crippen LogP contribution in [0.15, 0.2) is 42.7 Å². The van der Waals surface area contributed by atoms with Crippen molar-refractivity contribution in [3.8, 4) is 5.75 Å². The molecule has 3 heterocycles. The van der Waals surface area contributed by atoms with Crippen LogP contribution in [0.25, 0.3) is 0 Å². The second-order valence-electron chi connectivity index (χ2n) is 8.58. The number of Topliss-reactive ketones (excluding diaryl/α,β-unsaturated/α-hetero) is 2. The van der Waals surface area contributed by atoms with Crippen molar-refractivity contribution >= 4 is 17.5 Å². The van der Waals surface area contributed by atoms with Crippen LogP contribution in [0.3, 0.4) is 0 Å². The van der Waals surface area contributed by atoms with Crippen molar-refractivity contribution in [3.63, 3.8) is 0 Å². The van der Waals surface area contributed by atoms with Gasteiger partial charge in [-0.25, -0.2) is 0 Å². The van der Waals surface area contributed by atoms with Crippen molar-refractivity contribution in [2.24, 2.45) is 5.92 Å². The van der Waals surface area contributed by atoms with Crippen LogP contribution in [0.1, 0.15) is 33.9 Å². The van der Waals surface area contributed by atoms with E-state index in [2.05, 4.69) is 4.98 Å². The quantitative estimate of drug-likeness (QED) is 0.360. The summed E-state index contributed by atoms with van der Waals surface area (Å²) < 4.78 is 10.7. The number of ether oxygens (including phenoxy) is 2. The zero-order valence-electron chi connectivity index (χ0n) is 19.1. The minimum absolute atomic E-state index is 0.345. The van der Waals surface area contributed by atoms with Crippen LogP contribution in [0.5, 0.6) is 5.75 Å². The number of methoxy groups -OCH3 is 1. The molecule has 8 heteroatoms. The standard InChI is InChI=1S/C25H29N3O5/c1-17-16-19(4-5-20(17)32-2)23(29)21-22(18-6-8-26-9-7-18)28(25(31)24(21)30)11-3-10-27-12-14-33-15-13-27/h4-9,16,21-22H,3,10-15H2,1-2H3/p+1. The molecule has 1 N–H and O–H groups in total. The fourth-order valence-corrected chi connectivity index (χ4v) is 4.78. The molecule has 2 unspecified atom stereocenters. The maximum absolute atomic E-state index is 13.5. The molecule has 2 atom stereocenters. The monoisotopic (exact) mass is 452 g/mol. The molecular weight excluding hydrogens is 422 g/mol. The Kier molecular flexibility index (Phi) is 7.15. The number of nitrogens with one attached hydrogen (secondary N) is 1. The number of benzene rings is 1. The van der Waals surface area contributed by atoms with Gasteiger partial charge in [-0.2, -0.15) is 0 Å². The number of morpholine rings is 1. The third kappa shape index (κ3) is 4.82. The van der Waals surface area contributed by atoms with Crippen LogP contribution < -0.4 is 9.64 Å². The van der Waals surface area contributed by atoms with E-state index in [-0.39, 0.29) is 5.78 Å². The second-order valence-corrected chi connectivity index (χ2v) is 8.58. The highest BCUT2D eigenvalue weighted by molar-refractivity contribution is 6.44. The summed E-state index contributed by atoms with van der Waals surface area (Å²) >= 11 is 0. The van der Waals surface area contributed by atoms with Gasteiger partial charge in [0.1, 0.15) is 24.8 Å². The smallest absolute Gasteiger partial charge is 0.291 e. The zero-order valence-corrected chi connectivity index (χ0v) is 19.1. The van der Waals surface area contributed by atoms with Gasteiger partial charge >= 0.3 is 0 Å². The highest BCUT2D eigenvalue weighted by Crippen LogP contribution is 2.38. The van der Waals surface area contributed by atoms with Crippen molar-refractivity contribution in [1.29, 1.82) is 0 Å². The van der Waals surface area contributed by atoms with Crippen LogP contribution in [-0.4, -0.2) is 73.9 Å². The van der Waals surface area contributed by atoms with E-state index < -0.39 is 23.7 Å². The summed E-state index contributed by atoms with van der Waals surface area (Å²) in [6.07, 6.45) is 3.99. The lowest BCUT2D eigenvalue weighted by molar-refractivity contribution is -0.908. The summed E-state index contributed by atoms with van der Waals surface area (Å²) in [6.45, 7) is 6.53. The lowest BCUT2D eigenvalue weighted by Crippen LogP contribution is -3.14. The number of quaternary nitrogens is 1. The number of carbonyl (C=O) groups is 3. The molecule has 0 radical (unpaired) electrons. The predicted octanol–water partition coefficient (Wildman–Crippen LogP) is 0.655. The average Bonchev–Trinajstić information content (AvgIpc) is 3.10. The van der Waals surface area contributed by atoms with Gasteiger partial charge in [0.25, 0.3) is 5.91 Å². The normalized spacial score (nSPS) is 21.5. The highest BCUT2D eigenvalue weighted by Gasteiger charge is 2.51. The van der Waals surface area contributed by atoms with Crippen molar-refractivity contribution < 1.29 is 28.8 Å². The van der Waals surface area contributed by atoms with Gasteiger partial charge < -0.3 is 19.3 Å². The number of hydrogen-bond acceptors (Lipinski definition) is 6. The Balaban J connectivity index is 1.59. The Morgan fingerprint density at radius 2 is 1.91 bits per heavy atom. The second kappa shape index (κ2) is 10.2. The number of likely N-dealkylation sites (tertiary alicyclic amines) is 1. The molecule has 4 rings (SSSR count). The largest absolute Gasteiger partial charge is 0.496 e. The van der Waals surface area contributed by atoms with Crippen molar-refractivity contribution in [2.45, 2.75) is 19.4 Å². The maximum Gasteiger partial charge on any atom is 0.291 e. The number of aromatic nitrogens is 1. The minimum atomic E-state index is -1.08. The van der Waals surface area contributed by atoms with Gasteiger partial charge in [0.2, 0.25) is 5.78 Å². The van der Waals surface area contributed by atoms with E-state index in [0.717, 1.165) is 50.4 Å². The molecule has 1 aromatic heterocycles.